The van der Waals surface area contributed by atoms with Crippen molar-refractivity contribution in [3.8, 4) is 11.5 Å². The largest absolute Gasteiger partial charge is 0.421 e. The van der Waals surface area contributed by atoms with E-state index in [1.807, 2.05) is 6.07 Å². The molecule has 6 nitrogen and oxygen atoms in total. The number of aromatic nitrogens is 2. The second-order valence-corrected chi connectivity index (χ2v) is 7.20. The molecule has 0 atom stereocenters. The molecule has 3 aromatic rings. The molecule has 1 N–H and O–H groups in total. The van der Waals surface area contributed by atoms with Gasteiger partial charge in [0, 0.05) is 18.5 Å². The number of benzene rings is 2. The third-order valence-electron chi connectivity index (χ3n) is 3.42. The number of sulfonamides is 1. The van der Waals surface area contributed by atoms with Crippen molar-refractivity contribution >= 4 is 10.0 Å². The van der Waals surface area contributed by atoms with Crippen LogP contribution in [0.1, 0.15) is 11.5 Å². The maximum atomic E-state index is 12.9. The highest BCUT2D eigenvalue weighted by atomic mass is 32.2. The fourth-order valence-corrected chi connectivity index (χ4v) is 3.37. The zero-order valence-corrected chi connectivity index (χ0v) is 14.0. The van der Waals surface area contributed by atoms with Crippen LogP contribution >= 0.6 is 0 Å². The summed E-state index contributed by atoms with van der Waals surface area (Å²) in [5.41, 5.74) is 1.32. The van der Waals surface area contributed by atoms with Crippen molar-refractivity contribution in [1.82, 2.24) is 14.9 Å². The molecule has 0 saturated carbocycles. The average Bonchev–Trinajstić information content (AvgIpc) is 3.04. The Hall–Kier alpha value is -2.58. The highest BCUT2D eigenvalue weighted by Gasteiger charge is 2.13. The molecule has 0 amide bonds. The Morgan fingerprint density at radius 2 is 1.72 bits per heavy atom. The molecule has 0 unspecified atom stereocenters. The van der Waals surface area contributed by atoms with E-state index in [4.69, 9.17) is 4.42 Å². The van der Waals surface area contributed by atoms with Gasteiger partial charge < -0.3 is 4.42 Å². The number of hydrogen-bond acceptors (Lipinski definition) is 5. The topological polar surface area (TPSA) is 85.1 Å². The van der Waals surface area contributed by atoms with E-state index in [-0.39, 0.29) is 30.4 Å². The van der Waals surface area contributed by atoms with E-state index in [9.17, 15) is 12.8 Å². The summed E-state index contributed by atoms with van der Waals surface area (Å²) in [7, 11) is -3.44. The Morgan fingerprint density at radius 1 is 1.00 bits per heavy atom. The lowest BCUT2D eigenvalue weighted by molar-refractivity contribution is 0.501. The smallest absolute Gasteiger partial charge is 0.247 e. The molecule has 0 spiro atoms. The monoisotopic (exact) mass is 361 g/mol. The van der Waals surface area contributed by atoms with Gasteiger partial charge in [0.2, 0.25) is 21.8 Å². The van der Waals surface area contributed by atoms with Crippen molar-refractivity contribution in [2.45, 2.75) is 12.2 Å². The lowest BCUT2D eigenvalue weighted by atomic mass is 10.2. The van der Waals surface area contributed by atoms with Crippen LogP contribution in [0.25, 0.3) is 11.5 Å². The minimum Gasteiger partial charge on any atom is -0.421 e. The summed E-state index contributed by atoms with van der Waals surface area (Å²) in [4.78, 5) is 0. The van der Waals surface area contributed by atoms with E-state index in [1.165, 1.54) is 24.3 Å². The minimum absolute atomic E-state index is 0.0848. The minimum atomic E-state index is -3.44. The van der Waals surface area contributed by atoms with Gasteiger partial charge in [0.05, 0.1) is 5.75 Å². The summed E-state index contributed by atoms with van der Waals surface area (Å²) in [6.07, 6.45) is 0.266. The van der Waals surface area contributed by atoms with Gasteiger partial charge in [0.1, 0.15) is 5.82 Å². The predicted octanol–water partition coefficient (Wildman–Crippen LogP) is 2.54. The Balaban J connectivity index is 1.55. The first-order valence-corrected chi connectivity index (χ1v) is 9.27. The molecule has 1 heterocycles. The third-order valence-corrected chi connectivity index (χ3v) is 4.78. The number of nitrogens with one attached hydrogen (secondary N) is 1. The van der Waals surface area contributed by atoms with Crippen molar-refractivity contribution < 1.29 is 17.2 Å². The lowest BCUT2D eigenvalue weighted by Gasteiger charge is -2.05. The van der Waals surface area contributed by atoms with Gasteiger partial charge in [-0.05, 0) is 29.8 Å². The van der Waals surface area contributed by atoms with E-state index < -0.39 is 10.0 Å². The summed E-state index contributed by atoms with van der Waals surface area (Å²) in [6, 6.07) is 14.6. The van der Waals surface area contributed by atoms with Crippen molar-refractivity contribution in [2.24, 2.45) is 0 Å². The van der Waals surface area contributed by atoms with E-state index in [2.05, 4.69) is 14.9 Å². The summed E-state index contributed by atoms with van der Waals surface area (Å²) in [6.45, 7) is 0.153. The van der Waals surface area contributed by atoms with E-state index >= 15 is 0 Å². The van der Waals surface area contributed by atoms with E-state index in [1.54, 1.807) is 24.3 Å². The Labute approximate surface area is 144 Å². The van der Waals surface area contributed by atoms with Gasteiger partial charge in [-0.3, -0.25) is 0 Å². The number of halogens is 1. The molecule has 25 heavy (non-hydrogen) atoms. The summed E-state index contributed by atoms with van der Waals surface area (Å²) in [5.74, 6) is 0.138. The third kappa shape index (κ3) is 4.94. The van der Waals surface area contributed by atoms with Gasteiger partial charge in [-0.2, -0.15) is 0 Å². The van der Waals surface area contributed by atoms with Gasteiger partial charge in [-0.1, -0.05) is 30.3 Å². The molecule has 0 radical (unpaired) electrons. The van der Waals surface area contributed by atoms with Gasteiger partial charge >= 0.3 is 0 Å². The van der Waals surface area contributed by atoms with Crippen LogP contribution in [-0.4, -0.2) is 25.2 Å². The maximum Gasteiger partial charge on any atom is 0.247 e. The molecular weight excluding hydrogens is 345 g/mol. The zero-order chi connectivity index (χ0) is 17.7. The van der Waals surface area contributed by atoms with E-state index in [0.717, 1.165) is 0 Å². The summed E-state index contributed by atoms with van der Waals surface area (Å²) >= 11 is 0. The average molecular weight is 361 g/mol. The van der Waals surface area contributed by atoms with E-state index in [0.29, 0.717) is 17.0 Å². The van der Waals surface area contributed by atoms with Gasteiger partial charge in [-0.15, -0.1) is 10.2 Å². The Kier molecular flexibility index (Phi) is 5.20. The second-order valence-electron chi connectivity index (χ2n) is 5.40. The predicted molar refractivity (Wildman–Crippen MR) is 90.5 cm³/mol. The summed E-state index contributed by atoms with van der Waals surface area (Å²) < 4.78 is 45.0. The SMILES string of the molecule is O=S(=O)(Cc1ccccc1)NCCc1nnc(-c2ccc(F)cc2)o1. The number of rotatable bonds is 7. The van der Waals surface area contributed by atoms with Crippen molar-refractivity contribution in [3.05, 3.63) is 71.9 Å². The van der Waals surface area contributed by atoms with Crippen LogP contribution < -0.4 is 4.72 Å². The zero-order valence-electron chi connectivity index (χ0n) is 13.2. The number of hydrogen-bond donors (Lipinski definition) is 1. The standard InChI is InChI=1S/C17H16FN3O3S/c18-15-8-6-14(7-9-15)17-21-20-16(24-17)10-11-19-25(22,23)12-13-4-2-1-3-5-13/h1-9,19H,10-12H2. The maximum absolute atomic E-state index is 12.9. The molecule has 8 heteroatoms. The fraction of sp³-hybridized carbons (Fsp3) is 0.176. The first-order chi connectivity index (χ1) is 12.0. The van der Waals surface area contributed by atoms with Crippen molar-refractivity contribution in [1.29, 1.82) is 0 Å². The molecule has 0 aliphatic rings. The van der Waals surface area contributed by atoms with Gasteiger partial charge in [-0.25, -0.2) is 17.5 Å². The summed E-state index contributed by atoms with van der Waals surface area (Å²) in [5, 5.41) is 7.76. The van der Waals surface area contributed by atoms with Crippen LogP contribution in [-0.2, 0) is 22.2 Å². The lowest BCUT2D eigenvalue weighted by Crippen LogP contribution is -2.27. The van der Waals surface area contributed by atoms with Crippen LogP contribution in [0.3, 0.4) is 0 Å². The molecule has 3 rings (SSSR count). The quantitative estimate of drug-likeness (QED) is 0.699. The van der Waals surface area contributed by atoms with Crippen LogP contribution in [0.4, 0.5) is 4.39 Å². The number of nitrogens with zero attached hydrogens (tertiary/aromatic N) is 2. The molecular formula is C17H16FN3O3S. The van der Waals surface area contributed by atoms with Crippen LogP contribution in [0.15, 0.2) is 59.0 Å². The molecule has 0 aliphatic carbocycles. The van der Waals surface area contributed by atoms with Gasteiger partial charge in [0.15, 0.2) is 0 Å². The molecule has 0 aliphatic heterocycles. The van der Waals surface area contributed by atoms with Crippen LogP contribution in [0.2, 0.25) is 0 Å². The van der Waals surface area contributed by atoms with Crippen LogP contribution in [0, 0.1) is 5.82 Å². The normalized spacial score (nSPS) is 11.6. The van der Waals surface area contributed by atoms with Crippen molar-refractivity contribution in [2.75, 3.05) is 6.54 Å². The Bertz CT molecular complexity index is 925. The highest BCUT2D eigenvalue weighted by Crippen LogP contribution is 2.18. The molecule has 1 aromatic heterocycles. The fourth-order valence-electron chi connectivity index (χ4n) is 2.22. The Morgan fingerprint density at radius 3 is 2.44 bits per heavy atom. The van der Waals surface area contributed by atoms with Crippen LogP contribution in [0.5, 0.6) is 0 Å². The molecule has 2 aromatic carbocycles. The highest BCUT2D eigenvalue weighted by molar-refractivity contribution is 7.88. The molecule has 0 bridgehead atoms. The van der Waals surface area contributed by atoms with Crippen molar-refractivity contribution in [3.63, 3.8) is 0 Å². The molecule has 0 saturated heterocycles. The van der Waals surface area contributed by atoms with Gasteiger partial charge in [0.25, 0.3) is 0 Å². The first-order valence-electron chi connectivity index (χ1n) is 7.61. The second kappa shape index (κ2) is 7.54. The molecule has 0 fully saturated rings. The molecule has 130 valence electrons. The first kappa shape index (κ1) is 17.2.